The van der Waals surface area contributed by atoms with Crippen LogP contribution in [-0.2, 0) is 20.0 Å². The lowest BCUT2D eigenvalue weighted by Crippen LogP contribution is -2.42. The molecule has 2 aromatic carbocycles. The molecule has 0 unspecified atom stereocenters. The van der Waals surface area contributed by atoms with E-state index in [0.717, 1.165) is 23.1 Å². The lowest BCUT2D eigenvalue weighted by atomic mass is 9.99. The van der Waals surface area contributed by atoms with Crippen LogP contribution in [-0.4, -0.2) is 33.2 Å². The highest BCUT2D eigenvalue weighted by Gasteiger charge is 2.19. The highest BCUT2D eigenvalue weighted by Crippen LogP contribution is 2.29. The molecule has 7 heteroatoms. The van der Waals surface area contributed by atoms with Gasteiger partial charge in [0.15, 0.2) is 0 Å². The quantitative estimate of drug-likeness (QED) is 0.316. The third kappa shape index (κ3) is 6.05. The molecule has 1 atom stereocenters. The number of nitrogens with two attached hydrogens (primary N) is 1. The van der Waals surface area contributed by atoms with Gasteiger partial charge in [-0.15, -0.1) is 0 Å². The van der Waals surface area contributed by atoms with Crippen LogP contribution in [0.15, 0.2) is 83.9 Å². The maximum Gasteiger partial charge on any atom is 0.263 e. The Kier molecular flexibility index (Phi) is 8.25. The van der Waals surface area contributed by atoms with Crippen LogP contribution in [0.5, 0.6) is 0 Å². The van der Waals surface area contributed by atoms with E-state index in [1.54, 1.807) is 24.0 Å². The largest absolute Gasteiger partial charge is 0.354 e. The summed E-state index contributed by atoms with van der Waals surface area (Å²) in [6.07, 6.45) is 4.29. The number of aromatic nitrogens is 3. The molecule has 186 valence electrons. The van der Waals surface area contributed by atoms with Gasteiger partial charge in [0.1, 0.15) is 0 Å². The van der Waals surface area contributed by atoms with Gasteiger partial charge in [0.2, 0.25) is 5.95 Å². The van der Waals surface area contributed by atoms with Gasteiger partial charge in [-0.2, -0.15) is 0 Å². The second-order valence-electron chi connectivity index (χ2n) is 9.25. The Balaban J connectivity index is 1.72. The molecule has 0 aliphatic carbocycles. The molecule has 7 nitrogen and oxygen atoms in total. The summed E-state index contributed by atoms with van der Waals surface area (Å²) >= 11 is 0. The summed E-state index contributed by atoms with van der Waals surface area (Å²) < 4.78 is 1.59. The Morgan fingerprint density at radius 3 is 2.36 bits per heavy atom. The molecule has 2 aromatic heterocycles. The molecule has 36 heavy (non-hydrogen) atoms. The molecule has 4 N–H and O–H groups in total. The fraction of sp³-hybridized carbons (Fsp3) is 0.276. The van der Waals surface area contributed by atoms with E-state index >= 15 is 0 Å². The van der Waals surface area contributed by atoms with Crippen LogP contribution in [0.1, 0.15) is 25.0 Å². The molecule has 0 amide bonds. The third-order valence-corrected chi connectivity index (χ3v) is 6.10. The summed E-state index contributed by atoms with van der Waals surface area (Å²) in [5.74, 6) is 0.522. The van der Waals surface area contributed by atoms with Gasteiger partial charge < -0.3 is 16.4 Å². The highest BCUT2D eigenvalue weighted by molar-refractivity contribution is 5.81. The first-order valence-corrected chi connectivity index (χ1v) is 12.3. The monoisotopic (exact) mass is 482 g/mol. The Bertz CT molecular complexity index is 1340. The molecule has 0 fully saturated rings. The topological polar surface area (TPSA) is 97.9 Å². The van der Waals surface area contributed by atoms with Crippen molar-refractivity contribution in [2.75, 3.05) is 11.9 Å². The zero-order chi connectivity index (χ0) is 25.5. The normalized spacial score (nSPS) is 12.0. The molecular formula is C29H34N6O. The Morgan fingerprint density at radius 2 is 1.67 bits per heavy atom. The van der Waals surface area contributed by atoms with E-state index in [-0.39, 0.29) is 11.6 Å². The number of nitrogens with one attached hydrogen (secondary N) is 2. The molecule has 0 saturated heterocycles. The lowest BCUT2D eigenvalue weighted by molar-refractivity contribution is 0.473. The van der Waals surface area contributed by atoms with Crippen molar-refractivity contribution in [3.63, 3.8) is 0 Å². The van der Waals surface area contributed by atoms with Gasteiger partial charge in [0.05, 0.1) is 11.3 Å². The van der Waals surface area contributed by atoms with Crippen LogP contribution < -0.4 is 21.9 Å². The first-order chi connectivity index (χ1) is 17.5. The summed E-state index contributed by atoms with van der Waals surface area (Å²) in [6, 6.07) is 22.4. The van der Waals surface area contributed by atoms with Gasteiger partial charge in [-0.25, -0.2) is 4.98 Å². The molecule has 0 spiro atoms. The summed E-state index contributed by atoms with van der Waals surface area (Å²) in [4.78, 5) is 22.8. The molecule has 4 aromatic rings. The maximum atomic E-state index is 13.7. The highest BCUT2D eigenvalue weighted by atomic mass is 16.1. The zero-order valence-corrected chi connectivity index (χ0v) is 21.1. The minimum Gasteiger partial charge on any atom is -0.354 e. The van der Waals surface area contributed by atoms with Gasteiger partial charge in [0.25, 0.3) is 5.56 Å². The minimum absolute atomic E-state index is 0.120. The SMILES string of the molecule is CC(C)N[C@H](CNc1nc(-c2ccncc2)c(-c2cccc(CN)c2)c(=O)n1C)Cc1ccccc1. The van der Waals surface area contributed by atoms with E-state index in [2.05, 4.69) is 53.7 Å². The molecule has 0 radical (unpaired) electrons. The molecule has 4 rings (SSSR count). The average Bonchev–Trinajstić information content (AvgIpc) is 2.90. The van der Waals surface area contributed by atoms with Crippen molar-refractivity contribution < 1.29 is 0 Å². The standard InChI is InChI=1S/C29H34N6O/c1-20(2)33-25(17-21-8-5-4-6-9-21)19-32-29-34-27(23-12-14-31-15-13-23)26(28(36)35(29)3)24-11-7-10-22(16-24)18-30/h4-16,20,25,33H,17-19,30H2,1-3H3,(H,32,34)/t25-/m0/s1. The van der Waals surface area contributed by atoms with Crippen molar-refractivity contribution in [3.8, 4) is 22.4 Å². The Morgan fingerprint density at radius 1 is 0.944 bits per heavy atom. The summed E-state index contributed by atoms with van der Waals surface area (Å²) in [5.41, 5.74) is 10.8. The van der Waals surface area contributed by atoms with E-state index in [1.165, 1.54) is 5.56 Å². The van der Waals surface area contributed by atoms with Crippen LogP contribution in [0.2, 0.25) is 0 Å². The van der Waals surface area contributed by atoms with Crippen LogP contribution in [0, 0.1) is 0 Å². The van der Waals surface area contributed by atoms with Crippen molar-refractivity contribution >= 4 is 5.95 Å². The molecule has 0 bridgehead atoms. The molecule has 0 saturated carbocycles. The van der Waals surface area contributed by atoms with E-state index in [4.69, 9.17) is 10.7 Å². The fourth-order valence-corrected chi connectivity index (χ4v) is 4.37. The molecular weight excluding hydrogens is 448 g/mol. The molecule has 0 aliphatic heterocycles. The van der Waals surface area contributed by atoms with Gasteiger partial charge >= 0.3 is 0 Å². The van der Waals surface area contributed by atoms with Gasteiger partial charge in [-0.3, -0.25) is 14.3 Å². The zero-order valence-electron chi connectivity index (χ0n) is 21.1. The fourth-order valence-electron chi connectivity index (χ4n) is 4.37. The first kappa shape index (κ1) is 25.3. The van der Waals surface area contributed by atoms with Crippen molar-refractivity contribution in [2.24, 2.45) is 12.8 Å². The summed E-state index contributed by atoms with van der Waals surface area (Å²) in [7, 11) is 1.76. The average molecular weight is 483 g/mol. The van der Waals surface area contributed by atoms with Crippen molar-refractivity contribution in [1.82, 2.24) is 19.9 Å². The minimum atomic E-state index is -0.120. The van der Waals surface area contributed by atoms with E-state index in [9.17, 15) is 4.79 Å². The maximum absolute atomic E-state index is 13.7. The van der Waals surface area contributed by atoms with Crippen LogP contribution in [0.25, 0.3) is 22.4 Å². The lowest BCUT2D eigenvalue weighted by Gasteiger charge is -2.23. The number of rotatable bonds is 10. The van der Waals surface area contributed by atoms with Crippen molar-refractivity contribution in [1.29, 1.82) is 0 Å². The Labute approximate surface area is 212 Å². The van der Waals surface area contributed by atoms with Crippen molar-refractivity contribution in [3.05, 3.63) is 101 Å². The second kappa shape index (κ2) is 11.7. The van der Waals surface area contributed by atoms with Gasteiger partial charge in [-0.05, 0) is 41.3 Å². The number of nitrogens with zero attached hydrogens (tertiary/aromatic N) is 3. The van der Waals surface area contributed by atoms with Gasteiger partial charge in [-0.1, -0.05) is 62.4 Å². The number of hydrogen-bond donors (Lipinski definition) is 3. The van der Waals surface area contributed by atoms with Gasteiger partial charge in [0, 0.05) is 50.2 Å². The number of pyridine rings is 1. The summed E-state index contributed by atoms with van der Waals surface area (Å²) in [6.45, 7) is 5.29. The van der Waals surface area contributed by atoms with E-state index in [1.807, 2.05) is 42.5 Å². The third-order valence-electron chi connectivity index (χ3n) is 6.10. The van der Waals surface area contributed by atoms with Crippen LogP contribution in [0.3, 0.4) is 0 Å². The van der Waals surface area contributed by atoms with Crippen molar-refractivity contribution in [2.45, 2.75) is 38.9 Å². The first-order valence-electron chi connectivity index (χ1n) is 12.3. The van der Waals surface area contributed by atoms with Crippen LogP contribution >= 0.6 is 0 Å². The number of anilines is 1. The van der Waals surface area contributed by atoms with Crippen LogP contribution in [0.4, 0.5) is 5.95 Å². The predicted molar refractivity (Wildman–Crippen MR) is 147 cm³/mol. The van der Waals surface area contributed by atoms with E-state index < -0.39 is 0 Å². The predicted octanol–water partition coefficient (Wildman–Crippen LogP) is 3.99. The number of benzene rings is 2. The molecule has 2 heterocycles. The summed E-state index contributed by atoms with van der Waals surface area (Å²) in [5, 5.41) is 7.08. The second-order valence-corrected chi connectivity index (χ2v) is 9.25. The smallest absolute Gasteiger partial charge is 0.263 e. The Hall–Kier alpha value is -3.81. The number of hydrogen-bond acceptors (Lipinski definition) is 6. The molecule has 0 aliphatic rings. The van der Waals surface area contributed by atoms with E-state index in [0.29, 0.717) is 36.3 Å².